The zero-order valence-electron chi connectivity index (χ0n) is 12.8. The van der Waals surface area contributed by atoms with Crippen LogP contribution in [0.4, 0.5) is 0 Å². The van der Waals surface area contributed by atoms with Gasteiger partial charge in [0.05, 0.1) is 6.61 Å². The second-order valence-electron chi connectivity index (χ2n) is 5.87. The molecule has 0 fully saturated rings. The molecular formula is C14H30N2O3. The van der Waals surface area contributed by atoms with E-state index in [2.05, 4.69) is 18.7 Å². The smallest absolute Gasteiger partial charge is 0.323 e. The number of carboxylic acid groups (broad SMARTS) is 1. The highest BCUT2D eigenvalue weighted by molar-refractivity contribution is 5.77. The molecule has 0 saturated heterocycles. The first kappa shape index (κ1) is 18.4. The molecule has 0 spiro atoms. The van der Waals surface area contributed by atoms with Crippen molar-refractivity contribution in [1.82, 2.24) is 4.90 Å². The van der Waals surface area contributed by atoms with Crippen molar-refractivity contribution >= 4 is 5.97 Å². The zero-order valence-corrected chi connectivity index (χ0v) is 12.8. The Morgan fingerprint density at radius 1 is 1.37 bits per heavy atom. The van der Waals surface area contributed by atoms with E-state index in [1.54, 1.807) is 14.0 Å². The Morgan fingerprint density at radius 2 is 2.00 bits per heavy atom. The summed E-state index contributed by atoms with van der Waals surface area (Å²) in [4.78, 5) is 13.2. The van der Waals surface area contributed by atoms with Gasteiger partial charge < -0.3 is 20.5 Å². The minimum absolute atomic E-state index is 0.516. The van der Waals surface area contributed by atoms with E-state index >= 15 is 0 Å². The van der Waals surface area contributed by atoms with Gasteiger partial charge in [-0.05, 0) is 38.6 Å². The van der Waals surface area contributed by atoms with E-state index < -0.39 is 11.5 Å². The van der Waals surface area contributed by atoms with Gasteiger partial charge in [-0.2, -0.15) is 0 Å². The summed E-state index contributed by atoms with van der Waals surface area (Å²) in [6, 6.07) is 0. The summed E-state index contributed by atoms with van der Waals surface area (Å²) in [7, 11) is 1.71. The number of rotatable bonds is 11. The van der Waals surface area contributed by atoms with Crippen molar-refractivity contribution in [1.29, 1.82) is 0 Å². The van der Waals surface area contributed by atoms with Gasteiger partial charge in [0, 0.05) is 20.2 Å². The molecule has 0 saturated carbocycles. The van der Waals surface area contributed by atoms with Crippen molar-refractivity contribution in [2.75, 3.05) is 33.4 Å². The predicted molar refractivity (Wildman–Crippen MR) is 77.2 cm³/mol. The number of nitrogens with zero attached hydrogens (tertiary/aromatic N) is 1. The number of methoxy groups -OCH3 is 1. The van der Waals surface area contributed by atoms with Crippen molar-refractivity contribution in [2.45, 2.75) is 45.6 Å². The number of hydrogen-bond acceptors (Lipinski definition) is 4. The molecule has 5 nitrogen and oxygen atoms in total. The number of nitrogens with two attached hydrogens (primary N) is 1. The van der Waals surface area contributed by atoms with Crippen LogP contribution in [0.1, 0.15) is 40.0 Å². The number of aliphatic carboxylic acids is 1. The first-order valence-electron chi connectivity index (χ1n) is 7.03. The topological polar surface area (TPSA) is 75.8 Å². The lowest BCUT2D eigenvalue weighted by Crippen LogP contribution is -2.44. The Morgan fingerprint density at radius 3 is 2.47 bits per heavy atom. The minimum Gasteiger partial charge on any atom is -0.480 e. The van der Waals surface area contributed by atoms with E-state index in [0.29, 0.717) is 12.3 Å². The summed E-state index contributed by atoms with van der Waals surface area (Å²) in [6.07, 6.45) is 2.32. The summed E-state index contributed by atoms with van der Waals surface area (Å²) in [5, 5.41) is 8.93. The number of ether oxygens (including phenoxy) is 1. The van der Waals surface area contributed by atoms with Gasteiger partial charge in [0.15, 0.2) is 0 Å². The monoisotopic (exact) mass is 274 g/mol. The van der Waals surface area contributed by atoms with Crippen LogP contribution >= 0.6 is 0 Å². The van der Waals surface area contributed by atoms with E-state index in [9.17, 15) is 4.79 Å². The molecule has 0 rings (SSSR count). The fourth-order valence-corrected chi connectivity index (χ4v) is 1.97. The van der Waals surface area contributed by atoms with Crippen molar-refractivity contribution in [3.63, 3.8) is 0 Å². The van der Waals surface area contributed by atoms with Crippen LogP contribution < -0.4 is 5.73 Å². The molecule has 0 aliphatic heterocycles. The molecule has 0 bridgehead atoms. The van der Waals surface area contributed by atoms with Gasteiger partial charge in [-0.25, -0.2) is 0 Å². The van der Waals surface area contributed by atoms with Crippen LogP contribution in [0.15, 0.2) is 0 Å². The zero-order chi connectivity index (χ0) is 14.9. The molecule has 0 radical (unpaired) electrons. The van der Waals surface area contributed by atoms with E-state index in [1.807, 2.05) is 0 Å². The van der Waals surface area contributed by atoms with Crippen LogP contribution in [0.25, 0.3) is 0 Å². The van der Waals surface area contributed by atoms with Crippen molar-refractivity contribution < 1.29 is 14.6 Å². The van der Waals surface area contributed by atoms with Crippen LogP contribution in [-0.2, 0) is 9.53 Å². The lowest BCUT2D eigenvalue weighted by molar-refractivity contribution is -0.142. The molecule has 0 aromatic rings. The second kappa shape index (κ2) is 9.28. The van der Waals surface area contributed by atoms with Gasteiger partial charge in [0.25, 0.3) is 0 Å². The molecule has 1 unspecified atom stereocenters. The summed E-state index contributed by atoms with van der Waals surface area (Å²) in [5.41, 5.74) is 4.60. The van der Waals surface area contributed by atoms with Crippen molar-refractivity contribution in [3.8, 4) is 0 Å². The minimum atomic E-state index is -1.10. The number of carboxylic acids is 1. The first-order valence-corrected chi connectivity index (χ1v) is 7.03. The summed E-state index contributed by atoms with van der Waals surface area (Å²) < 4.78 is 5.11. The lowest BCUT2D eigenvalue weighted by Gasteiger charge is -2.25. The first-order chi connectivity index (χ1) is 8.79. The number of unbranched alkanes of at least 4 members (excludes halogenated alkanes) is 1. The molecule has 0 aromatic heterocycles. The van der Waals surface area contributed by atoms with E-state index in [1.165, 1.54) is 0 Å². The summed E-state index contributed by atoms with van der Waals surface area (Å²) in [5.74, 6) is -0.304. The quantitative estimate of drug-likeness (QED) is 0.559. The molecule has 1 atom stereocenters. The fraction of sp³-hybridized carbons (Fsp3) is 0.929. The molecule has 0 aliphatic carbocycles. The molecule has 19 heavy (non-hydrogen) atoms. The second-order valence-corrected chi connectivity index (χ2v) is 5.87. The molecule has 5 heteroatoms. The van der Waals surface area contributed by atoms with Crippen LogP contribution in [0.5, 0.6) is 0 Å². The van der Waals surface area contributed by atoms with Gasteiger partial charge in [0.2, 0.25) is 0 Å². The van der Waals surface area contributed by atoms with E-state index in [0.717, 1.165) is 39.1 Å². The van der Waals surface area contributed by atoms with Gasteiger partial charge in [-0.3, -0.25) is 4.79 Å². The number of hydrogen-bond donors (Lipinski definition) is 2. The maximum absolute atomic E-state index is 10.9. The maximum Gasteiger partial charge on any atom is 0.323 e. The van der Waals surface area contributed by atoms with Crippen molar-refractivity contribution in [2.24, 2.45) is 11.7 Å². The Bertz CT molecular complexity index is 255. The van der Waals surface area contributed by atoms with Gasteiger partial charge in [-0.1, -0.05) is 13.8 Å². The molecule has 0 amide bonds. The average Bonchev–Trinajstić information content (AvgIpc) is 2.30. The highest BCUT2D eigenvalue weighted by atomic mass is 16.5. The fourth-order valence-electron chi connectivity index (χ4n) is 1.97. The van der Waals surface area contributed by atoms with Crippen LogP contribution in [-0.4, -0.2) is 54.9 Å². The highest BCUT2D eigenvalue weighted by Crippen LogP contribution is 2.11. The third-order valence-electron chi connectivity index (χ3n) is 3.14. The Hall–Kier alpha value is -0.650. The third kappa shape index (κ3) is 8.97. The normalized spacial score (nSPS) is 14.9. The Labute approximate surface area is 117 Å². The summed E-state index contributed by atoms with van der Waals surface area (Å²) >= 11 is 0. The van der Waals surface area contributed by atoms with Crippen molar-refractivity contribution in [3.05, 3.63) is 0 Å². The maximum atomic E-state index is 10.9. The van der Waals surface area contributed by atoms with Crippen LogP contribution in [0.2, 0.25) is 0 Å². The Kier molecular flexibility index (Phi) is 8.97. The Balaban J connectivity index is 3.94. The predicted octanol–water partition coefficient (Wildman–Crippen LogP) is 1.56. The molecule has 0 aliphatic rings. The van der Waals surface area contributed by atoms with Gasteiger partial charge in [0.1, 0.15) is 5.54 Å². The van der Waals surface area contributed by atoms with Crippen LogP contribution in [0.3, 0.4) is 0 Å². The van der Waals surface area contributed by atoms with E-state index in [-0.39, 0.29) is 0 Å². The molecular weight excluding hydrogens is 244 g/mol. The van der Waals surface area contributed by atoms with E-state index in [4.69, 9.17) is 15.6 Å². The lowest BCUT2D eigenvalue weighted by atomic mass is 9.96. The average molecular weight is 274 g/mol. The molecule has 3 N–H and O–H groups in total. The largest absolute Gasteiger partial charge is 0.480 e. The van der Waals surface area contributed by atoms with Gasteiger partial charge >= 0.3 is 5.97 Å². The van der Waals surface area contributed by atoms with Crippen LogP contribution in [0, 0.1) is 5.92 Å². The molecule has 0 heterocycles. The molecule has 114 valence electrons. The standard InChI is InChI=1S/C14H30N2O3/c1-12(2)11-16(9-10-19-4)8-6-5-7-14(3,15)13(17)18/h12H,5-11,15H2,1-4H3,(H,17,18). The SMILES string of the molecule is COCCN(CCCCC(C)(N)C(=O)O)CC(C)C. The highest BCUT2D eigenvalue weighted by Gasteiger charge is 2.26. The third-order valence-corrected chi connectivity index (χ3v) is 3.14. The molecule has 0 aromatic carbocycles. The number of carbonyl (C=O) groups is 1. The van der Waals surface area contributed by atoms with Gasteiger partial charge in [-0.15, -0.1) is 0 Å². The summed E-state index contributed by atoms with van der Waals surface area (Å²) in [6.45, 7) is 9.64.